The number of benzene rings is 2. The number of carbonyl (C=O) groups excluding carboxylic acids is 2. The lowest BCUT2D eigenvalue weighted by Crippen LogP contribution is -2.30. The number of esters is 1. The molecule has 1 amide bonds. The number of nitro benzene ring substituents is 1. The van der Waals surface area contributed by atoms with Crippen molar-refractivity contribution in [1.82, 2.24) is 5.16 Å². The number of nitrogens with one attached hydrogen (secondary N) is 1. The van der Waals surface area contributed by atoms with Crippen LogP contribution in [0.3, 0.4) is 0 Å². The van der Waals surface area contributed by atoms with Crippen molar-refractivity contribution < 1.29 is 23.8 Å². The molecular formula is C21H19N3O6S. The highest BCUT2D eigenvalue weighted by Crippen LogP contribution is 2.35. The van der Waals surface area contributed by atoms with Crippen LogP contribution in [-0.4, -0.2) is 28.1 Å². The maximum absolute atomic E-state index is 12.4. The van der Waals surface area contributed by atoms with E-state index in [2.05, 4.69) is 10.5 Å². The summed E-state index contributed by atoms with van der Waals surface area (Å²) in [5.41, 5.74) is 0.820. The van der Waals surface area contributed by atoms with Gasteiger partial charge in [0, 0.05) is 17.0 Å². The molecular weight excluding hydrogens is 422 g/mol. The van der Waals surface area contributed by atoms with E-state index in [-0.39, 0.29) is 17.1 Å². The molecule has 0 aliphatic carbocycles. The molecule has 160 valence electrons. The summed E-state index contributed by atoms with van der Waals surface area (Å²) in [6.07, 6.45) is -1.15. The zero-order valence-corrected chi connectivity index (χ0v) is 17.8. The van der Waals surface area contributed by atoms with Crippen LogP contribution in [0.4, 0.5) is 11.5 Å². The molecule has 1 aromatic heterocycles. The van der Waals surface area contributed by atoms with E-state index < -0.39 is 22.9 Å². The summed E-state index contributed by atoms with van der Waals surface area (Å²) in [6.45, 7) is 5.00. The molecule has 3 aromatic rings. The number of nitro groups is 1. The van der Waals surface area contributed by atoms with Crippen molar-refractivity contribution in [3.05, 3.63) is 75.5 Å². The number of aryl methyl sites for hydroxylation is 2. The first-order valence-corrected chi connectivity index (χ1v) is 10.0. The summed E-state index contributed by atoms with van der Waals surface area (Å²) in [7, 11) is 0. The van der Waals surface area contributed by atoms with Crippen LogP contribution in [0.1, 0.15) is 28.6 Å². The standard InChI is InChI=1S/C21H19N3O6S/c1-12-4-7-16(8-5-12)31-18-9-6-15(11-17(18)24(27)28)21(26)29-14(3)20(25)22-19-10-13(2)30-23-19/h4-11,14H,1-3H3,(H,22,23,25). The lowest BCUT2D eigenvalue weighted by molar-refractivity contribution is -0.387. The Morgan fingerprint density at radius 2 is 1.87 bits per heavy atom. The second-order valence-electron chi connectivity index (χ2n) is 6.71. The van der Waals surface area contributed by atoms with Gasteiger partial charge in [0.05, 0.1) is 15.4 Å². The summed E-state index contributed by atoms with van der Waals surface area (Å²) in [5, 5.41) is 17.6. The minimum atomic E-state index is -1.15. The van der Waals surface area contributed by atoms with Crippen LogP contribution in [0.2, 0.25) is 0 Å². The van der Waals surface area contributed by atoms with Crippen LogP contribution in [0.25, 0.3) is 0 Å². The molecule has 1 unspecified atom stereocenters. The topological polar surface area (TPSA) is 125 Å². The second-order valence-corrected chi connectivity index (χ2v) is 7.83. The molecule has 0 aliphatic heterocycles. The Balaban J connectivity index is 1.71. The predicted molar refractivity (Wildman–Crippen MR) is 113 cm³/mol. The molecule has 0 saturated heterocycles. The molecule has 0 saturated carbocycles. The summed E-state index contributed by atoms with van der Waals surface area (Å²) in [4.78, 5) is 36.8. The third kappa shape index (κ3) is 5.70. The Morgan fingerprint density at radius 1 is 1.16 bits per heavy atom. The molecule has 1 atom stereocenters. The maximum Gasteiger partial charge on any atom is 0.339 e. The number of amides is 1. The van der Waals surface area contributed by atoms with Crippen molar-refractivity contribution in [3.63, 3.8) is 0 Å². The van der Waals surface area contributed by atoms with Gasteiger partial charge >= 0.3 is 5.97 Å². The minimum Gasteiger partial charge on any atom is -0.449 e. The van der Waals surface area contributed by atoms with Crippen molar-refractivity contribution in [1.29, 1.82) is 0 Å². The number of rotatable bonds is 7. The number of aromatic nitrogens is 1. The van der Waals surface area contributed by atoms with E-state index in [4.69, 9.17) is 9.26 Å². The van der Waals surface area contributed by atoms with Gasteiger partial charge in [0.2, 0.25) is 0 Å². The van der Waals surface area contributed by atoms with Gasteiger partial charge in [-0.15, -0.1) is 0 Å². The van der Waals surface area contributed by atoms with Gasteiger partial charge in [-0.05, 0) is 45.0 Å². The van der Waals surface area contributed by atoms with Gasteiger partial charge in [-0.2, -0.15) is 0 Å². The maximum atomic E-state index is 12.4. The average Bonchev–Trinajstić information content (AvgIpc) is 3.14. The van der Waals surface area contributed by atoms with Crippen molar-refractivity contribution in [2.75, 3.05) is 5.32 Å². The Bertz CT molecular complexity index is 1130. The first kappa shape index (κ1) is 22.0. The van der Waals surface area contributed by atoms with Crippen LogP contribution in [0.5, 0.6) is 0 Å². The predicted octanol–water partition coefficient (Wildman–Crippen LogP) is 4.53. The largest absolute Gasteiger partial charge is 0.449 e. The highest BCUT2D eigenvalue weighted by atomic mass is 32.2. The highest BCUT2D eigenvalue weighted by molar-refractivity contribution is 7.99. The Morgan fingerprint density at radius 3 is 2.48 bits per heavy atom. The zero-order chi connectivity index (χ0) is 22.5. The molecule has 3 rings (SSSR count). The SMILES string of the molecule is Cc1ccc(Sc2ccc(C(=O)OC(C)C(=O)Nc3cc(C)on3)cc2[N+](=O)[O-])cc1. The highest BCUT2D eigenvalue weighted by Gasteiger charge is 2.23. The zero-order valence-electron chi connectivity index (χ0n) is 16.9. The Labute approximate surface area is 181 Å². The fraction of sp³-hybridized carbons (Fsp3) is 0.190. The number of hydrogen-bond acceptors (Lipinski definition) is 8. The van der Waals surface area contributed by atoms with Crippen molar-refractivity contribution >= 4 is 35.1 Å². The second kappa shape index (κ2) is 9.43. The van der Waals surface area contributed by atoms with Gasteiger partial charge < -0.3 is 14.6 Å². The molecule has 0 spiro atoms. The van der Waals surface area contributed by atoms with E-state index in [1.807, 2.05) is 31.2 Å². The van der Waals surface area contributed by atoms with Gasteiger partial charge in [-0.1, -0.05) is 34.6 Å². The van der Waals surface area contributed by atoms with Crippen LogP contribution in [-0.2, 0) is 9.53 Å². The van der Waals surface area contributed by atoms with E-state index in [0.29, 0.717) is 10.7 Å². The average molecular weight is 441 g/mol. The quantitative estimate of drug-likeness (QED) is 0.322. The molecule has 1 heterocycles. The molecule has 9 nitrogen and oxygen atoms in total. The fourth-order valence-electron chi connectivity index (χ4n) is 2.54. The van der Waals surface area contributed by atoms with Gasteiger partial charge in [0.1, 0.15) is 5.76 Å². The molecule has 31 heavy (non-hydrogen) atoms. The number of ether oxygens (including phenoxy) is 1. The van der Waals surface area contributed by atoms with Gasteiger partial charge in [0.15, 0.2) is 11.9 Å². The molecule has 10 heteroatoms. The Kier molecular flexibility index (Phi) is 6.71. The first-order valence-electron chi connectivity index (χ1n) is 9.21. The molecule has 0 radical (unpaired) electrons. The number of hydrogen-bond donors (Lipinski definition) is 1. The summed E-state index contributed by atoms with van der Waals surface area (Å²) in [6, 6.07) is 13.1. The van der Waals surface area contributed by atoms with Crippen LogP contribution >= 0.6 is 11.8 Å². The Hall–Kier alpha value is -3.66. The van der Waals surface area contributed by atoms with Crippen LogP contribution in [0.15, 0.2) is 62.8 Å². The van der Waals surface area contributed by atoms with E-state index in [1.165, 1.54) is 36.9 Å². The van der Waals surface area contributed by atoms with Gasteiger partial charge in [-0.3, -0.25) is 14.9 Å². The van der Waals surface area contributed by atoms with Gasteiger partial charge in [-0.25, -0.2) is 4.79 Å². The molecule has 0 bridgehead atoms. The third-order valence-electron chi connectivity index (χ3n) is 4.17. The first-order chi connectivity index (χ1) is 14.7. The summed E-state index contributed by atoms with van der Waals surface area (Å²) < 4.78 is 10.00. The normalized spacial score (nSPS) is 11.6. The molecule has 2 aromatic carbocycles. The number of nitrogens with zero attached hydrogens (tertiary/aromatic N) is 2. The monoisotopic (exact) mass is 441 g/mol. The van der Waals surface area contributed by atoms with Crippen molar-refractivity contribution in [3.8, 4) is 0 Å². The fourth-order valence-corrected chi connectivity index (χ4v) is 3.44. The number of carbonyl (C=O) groups is 2. The lowest BCUT2D eigenvalue weighted by atomic mass is 10.2. The lowest BCUT2D eigenvalue weighted by Gasteiger charge is -2.12. The minimum absolute atomic E-state index is 0.0307. The molecule has 1 N–H and O–H groups in total. The molecule has 0 aliphatic rings. The van der Waals surface area contributed by atoms with Gasteiger partial charge in [0.25, 0.3) is 11.6 Å². The summed E-state index contributed by atoms with van der Waals surface area (Å²) >= 11 is 1.22. The van der Waals surface area contributed by atoms with E-state index in [1.54, 1.807) is 6.92 Å². The number of anilines is 1. The third-order valence-corrected chi connectivity index (χ3v) is 5.25. The van der Waals surface area contributed by atoms with E-state index in [0.717, 1.165) is 16.5 Å². The van der Waals surface area contributed by atoms with Crippen LogP contribution in [0, 0.1) is 24.0 Å². The van der Waals surface area contributed by atoms with E-state index in [9.17, 15) is 19.7 Å². The van der Waals surface area contributed by atoms with Crippen molar-refractivity contribution in [2.45, 2.75) is 36.7 Å². The van der Waals surface area contributed by atoms with Crippen LogP contribution < -0.4 is 5.32 Å². The van der Waals surface area contributed by atoms with Crippen molar-refractivity contribution in [2.24, 2.45) is 0 Å². The smallest absolute Gasteiger partial charge is 0.339 e. The summed E-state index contributed by atoms with van der Waals surface area (Å²) in [5.74, 6) is -0.758. The molecule has 0 fully saturated rings. The van der Waals surface area contributed by atoms with E-state index >= 15 is 0 Å².